The van der Waals surface area contributed by atoms with Crippen molar-refractivity contribution >= 4 is 39.9 Å². The molecular formula is C17H18ClIN2. The summed E-state index contributed by atoms with van der Waals surface area (Å²) in [5.41, 5.74) is 2.46. The average molecular weight is 413 g/mol. The maximum atomic E-state index is 6.46. The summed E-state index contributed by atoms with van der Waals surface area (Å²) in [5.74, 6) is 0. The molecule has 2 aromatic rings. The van der Waals surface area contributed by atoms with Crippen molar-refractivity contribution in [2.45, 2.75) is 19.0 Å². The second-order valence-corrected chi connectivity index (χ2v) is 7.12. The van der Waals surface area contributed by atoms with E-state index in [0.717, 1.165) is 23.8 Å². The van der Waals surface area contributed by atoms with Crippen LogP contribution in [0.3, 0.4) is 0 Å². The number of rotatable bonds is 2. The van der Waals surface area contributed by atoms with Crippen LogP contribution in [0.2, 0.25) is 5.02 Å². The molecule has 1 fully saturated rings. The SMILES string of the molecule is CC1CNC(c2ccccc2)CN1c1ccc(I)cc1Cl. The van der Waals surface area contributed by atoms with E-state index in [1.165, 1.54) is 9.13 Å². The first-order chi connectivity index (χ1) is 10.1. The molecule has 1 N–H and O–H groups in total. The molecule has 0 aliphatic carbocycles. The van der Waals surface area contributed by atoms with Crippen LogP contribution in [-0.2, 0) is 0 Å². The zero-order valence-electron chi connectivity index (χ0n) is 11.9. The molecule has 0 aromatic heterocycles. The lowest BCUT2D eigenvalue weighted by Crippen LogP contribution is -2.51. The van der Waals surface area contributed by atoms with Gasteiger partial charge in [0, 0.05) is 28.7 Å². The van der Waals surface area contributed by atoms with Crippen LogP contribution >= 0.6 is 34.2 Å². The maximum Gasteiger partial charge on any atom is 0.0650 e. The predicted octanol–water partition coefficient (Wildman–Crippen LogP) is 4.48. The normalized spacial score (nSPS) is 22.3. The highest BCUT2D eigenvalue weighted by Gasteiger charge is 2.27. The molecule has 4 heteroatoms. The van der Waals surface area contributed by atoms with Gasteiger partial charge in [-0.05, 0) is 53.3 Å². The molecule has 21 heavy (non-hydrogen) atoms. The van der Waals surface area contributed by atoms with Crippen molar-refractivity contribution < 1.29 is 0 Å². The molecule has 2 atom stereocenters. The molecule has 1 aliphatic rings. The second-order valence-electron chi connectivity index (χ2n) is 5.47. The molecule has 0 bridgehead atoms. The number of piperazine rings is 1. The first-order valence-electron chi connectivity index (χ1n) is 7.15. The smallest absolute Gasteiger partial charge is 0.0650 e. The average Bonchev–Trinajstić information content (AvgIpc) is 2.49. The Morgan fingerprint density at radius 3 is 2.67 bits per heavy atom. The van der Waals surface area contributed by atoms with Crippen LogP contribution in [0.1, 0.15) is 18.5 Å². The summed E-state index contributed by atoms with van der Waals surface area (Å²) in [6.45, 7) is 4.13. The van der Waals surface area contributed by atoms with E-state index in [2.05, 4.69) is 82.2 Å². The van der Waals surface area contributed by atoms with Gasteiger partial charge >= 0.3 is 0 Å². The van der Waals surface area contributed by atoms with Crippen LogP contribution in [0.25, 0.3) is 0 Å². The van der Waals surface area contributed by atoms with Gasteiger partial charge in [-0.15, -0.1) is 0 Å². The number of anilines is 1. The molecule has 110 valence electrons. The molecule has 1 saturated heterocycles. The lowest BCUT2D eigenvalue weighted by molar-refractivity contribution is 0.414. The summed E-state index contributed by atoms with van der Waals surface area (Å²) >= 11 is 8.75. The molecular weight excluding hydrogens is 395 g/mol. The zero-order chi connectivity index (χ0) is 14.8. The highest BCUT2D eigenvalue weighted by Crippen LogP contribution is 2.32. The Morgan fingerprint density at radius 1 is 1.19 bits per heavy atom. The van der Waals surface area contributed by atoms with E-state index in [1.807, 2.05) is 6.07 Å². The fraction of sp³-hybridized carbons (Fsp3) is 0.294. The van der Waals surface area contributed by atoms with Crippen LogP contribution in [0.5, 0.6) is 0 Å². The standard InChI is InChI=1S/C17H18ClIN2/c1-12-10-20-16(13-5-3-2-4-6-13)11-21(12)17-8-7-14(19)9-15(17)18/h2-9,12,16,20H,10-11H2,1H3. The third-order valence-electron chi connectivity index (χ3n) is 3.99. The Hall–Kier alpha value is -0.780. The van der Waals surface area contributed by atoms with Crippen LogP contribution in [0, 0.1) is 3.57 Å². The van der Waals surface area contributed by atoms with Crippen molar-refractivity contribution in [3.63, 3.8) is 0 Å². The molecule has 2 aromatic carbocycles. The number of nitrogens with zero attached hydrogens (tertiary/aromatic N) is 1. The Bertz CT molecular complexity index is 617. The second kappa shape index (κ2) is 6.55. The summed E-state index contributed by atoms with van der Waals surface area (Å²) < 4.78 is 1.17. The summed E-state index contributed by atoms with van der Waals surface area (Å²) in [4.78, 5) is 2.41. The van der Waals surface area contributed by atoms with Gasteiger partial charge < -0.3 is 10.2 Å². The van der Waals surface area contributed by atoms with E-state index >= 15 is 0 Å². The van der Waals surface area contributed by atoms with E-state index in [1.54, 1.807) is 0 Å². The van der Waals surface area contributed by atoms with Gasteiger partial charge in [-0.2, -0.15) is 0 Å². The van der Waals surface area contributed by atoms with Crippen LogP contribution in [-0.4, -0.2) is 19.1 Å². The largest absolute Gasteiger partial charge is 0.364 e. The summed E-state index contributed by atoms with van der Waals surface area (Å²) in [6, 6.07) is 17.7. The van der Waals surface area contributed by atoms with Crippen molar-refractivity contribution in [2.75, 3.05) is 18.0 Å². The maximum absolute atomic E-state index is 6.46. The van der Waals surface area contributed by atoms with Gasteiger partial charge in [0.15, 0.2) is 0 Å². The van der Waals surface area contributed by atoms with Gasteiger partial charge in [-0.1, -0.05) is 41.9 Å². The number of benzene rings is 2. The Morgan fingerprint density at radius 2 is 1.95 bits per heavy atom. The Labute approximate surface area is 144 Å². The fourth-order valence-corrected chi connectivity index (χ4v) is 3.79. The third kappa shape index (κ3) is 3.35. The molecule has 0 spiro atoms. The first-order valence-corrected chi connectivity index (χ1v) is 8.61. The highest BCUT2D eigenvalue weighted by molar-refractivity contribution is 14.1. The molecule has 1 aliphatic heterocycles. The molecule has 2 unspecified atom stereocenters. The molecule has 0 saturated carbocycles. The van der Waals surface area contributed by atoms with E-state index in [-0.39, 0.29) is 0 Å². The van der Waals surface area contributed by atoms with Gasteiger partial charge in [0.05, 0.1) is 10.7 Å². The van der Waals surface area contributed by atoms with Gasteiger partial charge in [0.25, 0.3) is 0 Å². The number of nitrogens with one attached hydrogen (secondary N) is 1. The van der Waals surface area contributed by atoms with Gasteiger partial charge in [0.2, 0.25) is 0 Å². The minimum atomic E-state index is 0.345. The fourth-order valence-electron chi connectivity index (χ4n) is 2.82. The lowest BCUT2D eigenvalue weighted by atomic mass is 10.0. The van der Waals surface area contributed by atoms with Crippen molar-refractivity contribution in [3.05, 3.63) is 62.7 Å². The topological polar surface area (TPSA) is 15.3 Å². The van der Waals surface area contributed by atoms with E-state index in [0.29, 0.717) is 12.1 Å². The van der Waals surface area contributed by atoms with Crippen molar-refractivity contribution in [1.82, 2.24) is 5.32 Å². The lowest BCUT2D eigenvalue weighted by Gasteiger charge is -2.41. The Balaban J connectivity index is 1.87. The third-order valence-corrected chi connectivity index (χ3v) is 4.97. The van der Waals surface area contributed by atoms with Gasteiger partial charge in [0.1, 0.15) is 0 Å². The quantitative estimate of drug-likeness (QED) is 0.732. The van der Waals surface area contributed by atoms with Crippen molar-refractivity contribution in [2.24, 2.45) is 0 Å². The predicted molar refractivity (Wildman–Crippen MR) is 98.2 cm³/mol. The zero-order valence-corrected chi connectivity index (χ0v) is 14.8. The molecule has 2 nitrogen and oxygen atoms in total. The number of hydrogen-bond acceptors (Lipinski definition) is 2. The van der Waals surface area contributed by atoms with Crippen LogP contribution < -0.4 is 10.2 Å². The summed E-state index contributed by atoms with van der Waals surface area (Å²) in [7, 11) is 0. The van der Waals surface area contributed by atoms with E-state index in [4.69, 9.17) is 11.6 Å². The summed E-state index contributed by atoms with van der Waals surface area (Å²) in [6.07, 6.45) is 0. The minimum Gasteiger partial charge on any atom is -0.364 e. The molecule has 1 heterocycles. The monoisotopic (exact) mass is 412 g/mol. The Kier molecular flexibility index (Phi) is 4.72. The number of hydrogen-bond donors (Lipinski definition) is 1. The van der Waals surface area contributed by atoms with E-state index in [9.17, 15) is 0 Å². The molecule has 0 radical (unpaired) electrons. The van der Waals surface area contributed by atoms with Crippen LogP contribution in [0.15, 0.2) is 48.5 Å². The number of halogens is 2. The van der Waals surface area contributed by atoms with Crippen molar-refractivity contribution in [1.29, 1.82) is 0 Å². The minimum absolute atomic E-state index is 0.345. The molecule has 3 rings (SSSR count). The first kappa shape index (κ1) is 15.1. The van der Waals surface area contributed by atoms with Crippen LogP contribution in [0.4, 0.5) is 5.69 Å². The van der Waals surface area contributed by atoms with Gasteiger partial charge in [-0.3, -0.25) is 0 Å². The van der Waals surface area contributed by atoms with Crippen molar-refractivity contribution in [3.8, 4) is 0 Å². The highest BCUT2D eigenvalue weighted by atomic mass is 127. The summed E-state index contributed by atoms with van der Waals surface area (Å²) in [5, 5.41) is 4.47. The van der Waals surface area contributed by atoms with E-state index < -0.39 is 0 Å². The molecule has 0 amide bonds. The van der Waals surface area contributed by atoms with Gasteiger partial charge in [-0.25, -0.2) is 0 Å².